The summed E-state index contributed by atoms with van der Waals surface area (Å²) in [5.41, 5.74) is 0.0730. The second-order valence-electron chi connectivity index (χ2n) is 4.24. The fourth-order valence-electron chi connectivity index (χ4n) is 1.72. The highest BCUT2D eigenvalue weighted by Gasteiger charge is 2.36. The van der Waals surface area contributed by atoms with E-state index in [9.17, 15) is 18.0 Å². The molecule has 0 saturated carbocycles. The number of sulfone groups is 1. The summed E-state index contributed by atoms with van der Waals surface area (Å²) in [5, 5.41) is 1.17. The standard InChI is InChI=1S/C12H8Cl3NO4S/c13-6-4-8(15)9(5-7(6)14)16-12(18)11(17)10-2-1-3-21(10,19)20/h1-2,4-5,10H,3H2,(H,16,18). The van der Waals surface area contributed by atoms with Gasteiger partial charge in [-0.2, -0.15) is 0 Å². The first-order valence-corrected chi connectivity index (χ1v) is 8.45. The molecule has 1 unspecified atom stereocenters. The van der Waals surface area contributed by atoms with Gasteiger partial charge in [-0.15, -0.1) is 0 Å². The van der Waals surface area contributed by atoms with E-state index in [0.717, 1.165) is 0 Å². The molecule has 0 fully saturated rings. The van der Waals surface area contributed by atoms with Crippen LogP contribution in [-0.4, -0.2) is 31.1 Å². The molecule has 1 aromatic carbocycles. The zero-order valence-electron chi connectivity index (χ0n) is 10.3. The lowest BCUT2D eigenvalue weighted by Crippen LogP contribution is -2.36. The summed E-state index contributed by atoms with van der Waals surface area (Å²) < 4.78 is 23.2. The number of amides is 1. The molecule has 9 heteroatoms. The Hall–Kier alpha value is -1.08. The van der Waals surface area contributed by atoms with Crippen LogP contribution in [0.3, 0.4) is 0 Å². The lowest BCUT2D eigenvalue weighted by atomic mass is 10.2. The topological polar surface area (TPSA) is 80.3 Å². The average Bonchev–Trinajstić information content (AvgIpc) is 2.74. The maximum atomic E-state index is 11.9. The molecule has 0 saturated heterocycles. The highest BCUT2D eigenvalue weighted by Crippen LogP contribution is 2.32. The quantitative estimate of drug-likeness (QED) is 0.505. The smallest absolute Gasteiger partial charge is 0.293 e. The third kappa shape index (κ3) is 3.40. The summed E-state index contributed by atoms with van der Waals surface area (Å²) in [5.74, 6) is -2.43. The monoisotopic (exact) mass is 367 g/mol. The van der Waals surface area contributed by atoms with Crippen molar-refractivity contribution in [2.24, 2.45) is 0 Å². The predicted molar refractivity (Wildman–Crippen MR) is 81.8 cm³/mol. The number of anilines is 1. The van der Waals surface area contributed by atoms with Gasteiger partial charge >= 0.3 is 0 Å². The van der Waals surface area contributed by atoms with Gasteiger partial charge in [0.05, 0.1) is 26.5 Å². The fourth-order valence-corrected chi connectivity index (χ4v) is 3.68. The number of carbonyl (C=O) groups excluding carboxylic acids is 2. The predicted octanol–water partition coefficient (Wildman–Crippen LogP) is 2.51. The van der Waals surface area contributed by atoms with Gasteiger partial charge in [0.15, 0.2) is 9.84 Å². The minimum atomic E-state index is -3.65. The van der Waals surface area contributed by atoms with Crippen molar-refractivity contribution >= 4 is 62.0 Å². The van der Waals surface area contributed by atoms with Crippen LogP contribution in [0.15, 0.2) is 24.3 Å². The van der Waals surface area contributed by atoms with Gasteiger partial charge in [0.1, 0.15) is 5.25 Å². The van der Waals surface area contributed by atoms with Crippen LogP contribution in [-0.2, 0) is 19.4 Å². The van der Waals surface area contributed by atoms with Gasteiger partial charge in [0, 0.05) is 0 Å². The van der Waals surface area contributed by atoms with Crippen LogP contribution in [0.25, 0.3) is 0 Å². The van der Waals surface area contributed by atoms with E-state index < -0.39 is 26.8 Å². The number of nitrogens with one attached hydrogen (secondary N) is 1. The first-order chi connectivity index (χ1) is 9.72. The molecule has 0 spiro atoms. The second kappa shape index (κ2) is 5.96. The molecule has 0 radical (unpaired) electrons. The zero-order valence-corrected chi connectivity index (χ0v) is 13.4. The van der Waals surface area contributed by atoms with Gasteiger partial charge in [0.2, 0.25) is 5.78 Å². The maximum Gasteiger partial charge on any atom is 0.293 e. The number of ketones is 1. The van der Waals surface area contributed by atoms with Crippen molar-refractivity contribution in [3.63, 3.8) is 0 Å². The summed E-state index contributed by atoms with van der Waals surface area (Å²) in [6.07, 6.45) is 2.52. The second-order valence-corrected chi connectivity index (χ2v) is 7.63. The van der Waals surface area contributed by atoms with Crippen molar-refractivity contribution in [3.8, 4) is 0 Å². The molecule has 0 bridgehead atoms. The van der Waals surface area contributed by atoms with Crippen molar-refractivity contribution < 1.29 is 18.0 Å². The molecule has 1 amide bonds. The van der Waals surface area contributed by atoms with E-state index in [1.54, 1.807) is 0 Å². The van der Waals surface area contributed by atoms with Crippen LogP contribution < -0.4 is 5.32 Å². The molecule has 2 rings (SSSR count). The summed E-state index contributed by atoms with van der Waals surface area (Å²) >= 11 is 17.4. The Morgan fingerprint density at radius 3 is 2.29 bits per heavy atom. The summed E-state index contributed by atoms with van der Waals surface area (Å²) in [7, 11) is -3.65. The Kier molecular flexibility index (Phi) is 4.63. The zero-order chi connectivity index (χ0) is 15.8. The highest BCUT2D eigenvalue weighted by atomic mass is 35.5. The molecule has 5 nitrogen and oxygen atoms in total. The van der Waals surface area contributed by atoms with Gasteiger partial charge in [-0.3, -0.25) is 9.59 Å². The Bertz CT molecular complexity index is 758. The van der Waals surface area contributed by atoms with E-state index in [0.29, 0.717) is 0 Å². The number of Topliss-reactive ketones (excluding diaryl/α,β-unsaturated/α-hetero) is 1. The molecular weight excluding hydrogens is 361 g/mol. The molecular formula is C12H8Cl3NO4S. The summed E-state index contributed by atoms with van der Waals surface area (Å²) in [6, 6.07) is 2.58. The molecule has 1 heterocycles. The van der Waals surface area contributed by atoms with Crippen molar-refractivity contribution in [3.05, 3.63) is 39.4 Å². The van der Waals surface area contributed by atoms with Gasteiger partial charge in [-0.05, 0) is 12.1 Å². The number of hydrogen-bond donors (Lipinski definition) is 1. The molecule has 1 aliphatic heterocycles. The number of halogens is 3. The largest absolute Gasteiger partial charge is 0.318 e. The number of rotatable bonds is 3. The lowest BCUT2D eigenvalue weighted by Gasteiger charge is -2.10. The third-order valence-electron chi connectivity index (χ3n) is 2.77. The number of benzene rings is 1. The molecule has 21 heavy (non-hydrogen) atoms. The lowest BCUT2D eigenvalue weighted by molar-refractivity contribution is -0.134. The van der Waals surface area contributed by atoms with Gasteiger partial charge in [-0.1, -0.05) is 47.0 Å². The maximum absolute atomic E-state index is 11.9. The first-order valence-electron chi connectivity index (χ1n) is 5.60. The van der Waals surface area contributed by atoms with Crippen molar-refractivity contribution in [2.45, 2.75) is 5.25 Å². The molecule has 0 aliphatic carbocycles. The van der Waals surface area contributed by atoms with Gasteiger partial charge in [-0.25, -0.2) is 8.42 Å². The molecule has 0 aromatic heterocycles. The molecule has 1 atom stereocenters. The Labute approximate surface area is 135 Å². The van der Waals surface area contributed by atoms with Crippen molar-refractivity contribution in [1.82, 2.24) is 0 Å². The van der Waals surface area contributed by atoms with E-state index in [2.05, 4.69) is 5.32 Å². The third-order valence-corrected chi connectivity index (χ3v) is 5.60. The van der Waals surface area contributed by atoms with Crippen LogP contribution in [0.2, 0.25) is 15.1 Å². The SMILES string of the molecule is O=C(Nc1cc(Cl)c(Cl)cc1Cl)C(=O)C1C=CCS1(=O)=O. The highest BCUT2D eigenvalue weighted by molar-refractivity contribution is 7.93. The molecule has 1 aromatic rings. The van der Waals surface area contributed by atoms with Crippen LogP contribution >= 0.6 is 34.8 Å². The van der Waals surface area contributed by atoms with E-state index in [4.69, 9.17) is 34.8 Å². The molecule has 1 aliphatic rings. The minimum Gasteiger partial charge on any atom is -0.318 e. The Morgan fingerprint density at radius 1 is 1.10 bits per heavy atom. The van der Waals surface area contributed by atoms with E-state index in [1.165, 1.54) is 24.3 Å². The van der Waals surface area contributed by atoms with E-state index in [1.807, 2.05) is 0 Å². The minimum absolute atomic E-state index is 0.0730. The van der Waals surface area contributed by atoms with Crippen molar-refractivity contribution in [1.29, 1.82) is 0 Å². The van der Waals surface area contributed by atoms with Crippen LogP contribution in [0.5, 0.6) is 0 Å². The van der Waals surface area contributed by atoms with Gasteiger partial charge in [0.25, 0.3) is 5.91 Å². The number of carbonyl (C=O) groups is 2. The van der Waals surface area contributed by atoms with Crippen LogP contribution in [0.4, 0.5) is 5.69 Å². The average molecular weight is 369 g/mol. The van der Waals surface area contributed by atoms with Crippen LogP contribution in [0.1, 0.15) is 0 Å². The number of hydrogen-bond acceptors (Lipinski definition) is 4. The summed E-state index contributed by atoms with van der Waals surface area (Å²) in [6.45, 7) is 0. The normalized spacial score (nSPS) is 19.5. The van der Waals surface area contributed by atoms with E-state index >= 15 is 0 Å². The first kappa shape index (κ1) is 16.3. The molecule has 1 N–H and O–H groups in total. The summed E-state index contributed by atoms with van der Waals surface area (Å²) in [4.78, 5) is 23.7. The Balaban J connectivity index is 2.21. The fraction of sp³-hybridized carbons (Fsp3) is 0.167. The van der Waals surface area contributed by atoms with Crippen molar-refractivity contribution in [2.75, 3.05) is 11.1 Å². The Morgan fingerprint density at radius 2 is 1.71 bits per heavy atom. The van der Waals surface area contributed by atoms with E-state index in [-0.39, 0.29) is 26.5 Å². The molecule has 112 valence electrons. The van der Waals surface area contributed by atoms with Crippen LogP contribution in [0, 0.1) is 0 Å². The van der Waals surface area contributed by atoms with Gasteiger partial charge < -0.3 is 5.32 Å².